The second-order valence-corrected chi connectivity index (χ2v) is 1.24. The fourth-order valence-electron chi connectivity index (χ4n) is 0.386. The van der Waals surface area contributed by atoms with Gasteiger partial charge in [-0.2, -0.15) is 5.26 Å². The van der Waals surface area contributed by atoms with Gasteiger partial charge >= 0.3 is 5.82 Å². The normalized spacial score (nSPS) is 7.88. The van der Waals surface area contributed by atoms with Crippen LogP contribution in [0.3, 0.4) is 0 Å². The van der Waals surface area contributed by atoms with Gasteiger partial charge in [0, 0.05) is 6.07 Å². The quantitative estimate of drug-likeness (QED) is 0.458. The maximum absolute atomic E-state index is 8.19. The molecular weight excluding hydrogens is 102 g/mol. The highest BCUT2D eigenvalue weighted by Crippen LogP contribution is 1.73. The highest BCUT2D eigenvalue weighted by atomic mass is 14.8. The first-order chi connectivity index (χ1) is 3.93. The zero-order valence-electron chi connectivity index (χ0n) is 4.13. The molecule has 1 heterocycles. The lowest BCUT2D eigenvalue weighted by molar-refractivity contribution is -0.387. The van der Waals surface area contributed by atoms with Gasteiger partial charge in [0.2, 0.25) is 0 Å². The van der Waals surface area contributed by atoms with Crippen LogP contribution < -0.4 is 4.98 Å². The molecule has 0 fully saturated rings. The Bertz CT molecular complexity index is 199. The van der Waals surface area contributed by atoms with Crippen molar-refractivity contribution in [2.24, 2.45) is 0 Å². The smallest absolute Gasteiger partial charge is 0.235 e. The third kappa shape index (κ3) is 0.793. The van der Waals surface area contributed by atoms with Gasteiger partial charge in [0.25, 0.3) is 0 Å². The van der Waals surface area contributed by atoms with E-state index in [1.165, 1.54) is 0 Å². The number of aromatic nitrogens is 2. The lowest BCUT2D eigenvalue weighted by atomic mass is 10.6. The van der Waals surface area contributed by atoms with E-state index in [1.54, 1.807) is 18.5 Å². The third-order valence-electron chi connectivity index (χ3n) is 0.712. The predicted molar refractivity (Wildman–Crippen MR) is 25.5 cm³/mol. The lowest BCUT2D eigenvalue weighted by Gasteiger charge is -1.69. The van der Waals surface area contributed by atoms with Crippen molar-refractivity contribution in [1.29, 1.82) is 5.26 Å². The number of hydrogen-bond acceptors (Lipinski definition) is 2. The molecule has 38 valence electrons. The first kappa shape index (κ1) is 4.72. The van der Waals surface area contributed by atoms with Gasteiger partial charge in [-0.3, -0.25) is 0 Å². The minimum atomic E-state index is 0.340. The standard InChI is InChI=1S/C5H3N3/c6-4-5-7-2-1-3-8-5/h1-3H/p+1. The molecule has 0 aliphatic heterocycles. The predicted octanol–water partition coefficient (Wildman–Crippen LogP) is -0.233. The molecule has 1 aromatic heterocycles. The summed E-state index contributed by atoms with van der Waals surface area (Å²) in [6.07, 6.45) is 3.22. The van der Waals surface area contributed by atoms with Gasteiger partial charge in [-0.05, 0) is 4.98 Å². The molecule has 0 aliphatic rings. The van der Waals surface area contributed by atoms with Crippen molar-refractivity contribution in [3.8, 4) is 6.07 Å². The highest BCUT2D eigenvalue weighted by Gasteiger charge is 1.94. The number of hydrogen-bond donors (Lipinski definition) is 0. The van der Waals surface area contributed by atoms with Crippen molar-refractivity contribution < 1.29 is 4.98 Å². The van der Waals surface area contributed by atoms with Crippen LogP contribution in [0.25, 0.3) is 0 Å². The Morgan fingerprint density at radius 2 is 2.62 bits per heavy atom. The SMILES string of the molecule is N#Cc1nccc[nH+]1. The van der Waals surface area contributed by atoms with E-state index >= 15 is 0 Å². The fourth-order valence-corrected chi connectivity index (χ4v) is 0.386. The van der Waals surface area contributed by atoms with E-state index < -0.39 is 0 Å². The first-order valence-electron chi connectivity index (χ1n) is 2.16. The van der Waals surface area contributed by atoms with Crippen molar-refractivity contribution in [2.75, 3.05) is 0 Å². The Balaban J connectivity index is 3.05. The maximum Gasteiger partial charge on any atom is 0.400 e. The van der Waals surface area contributed by atoms with E-state index in [0.717, 1.165) is 0 Å². The minimum Gasteiger partial charge on any atom is -0.235 e. The molecule has 1 aromatic rings. The van der Waals surface area contributed by atoms with Gasteiger partial charge in [0.15, 0.2) is 6.07 Å². The summed E-state index contributed by atoms with van der Waals surface area (Å²) < 4.78 is 0. The molecule has 1 N–H and O–H groups in total. The van der Waals surface area contributed by atoms with Gasteiger partial charge in [0.05, 0.1) is 6.20 Å². The second kappa shape index (κ2) is 2.03. The van der Waals surface area contributed by atoms with E-state index in [2.05, 4.69) is 9.97 Å². The van der Waals surface area contributed by atoms with Crippen LogP contribution in [-0.2, 0) is 0 Å². The average Bonchev–Trinajstić information content (AvgIpc) is 1.90. The fraction of sp³-hybridized carbons (Fsp3) is 0. The van der Waals surface area contributed by atoms with Crippen LogP contribution >= 0.6 is 0 Å². The van der Waals surface area contributed by atoms with Crippen LogP contribution in [0.15, 0.2) is 18.5 Å². The molecule has 0 saturated heterocycles. The Kier molecular flexibility index (Phi) is 1.20. The van der Waals surface area contributed by atoms with Crippen LogP contribution in [0.4, 0.5) is 0 Å². The Hall–Kier alpha value is -1.43. The molecule has 0 radical (unpaired) electrons. The molecule has 0 aliphatic carbocycles. The topological polar surface area (TPSA) is 50.8 Å². The van der Waals surface area contributed by atoms with Crippen molar-refractivity contribution in [2.45, 2.75) is 0 Å². The van der Waals surface area contributed by atoms with Gasteiger partial charge in [-0.15, -0.1) is 0 Å². The van der Waals surface area contributed by atoms with Crippen LogP contribution in [0.5, 0.6) is 0 Å². The molecule has 0 unspecified atom stereocenters. The Labute approximate surface area is 46.6 Å². The number of aromatic amines is 1. The number of nitrogens with zero attached hydrogens (tertiary/aromatic N) is 2. The van der Waals surface area contributed by atoms with Crippen molar-refractivity contribution in [1.82, 2.24) is 4.98 Å². The maximum atomic E-state index is 8.19. The number of H-pyrrole nitrogens is 1. The summed E-state index contributed by atoms with van der Waals surface area (Å²) >= 11 is 0. The lowest BCUT2D eigenvalue weighted by Crippen LogP contribution is -2.07. The molecule has 3 nitrogen and oxygen atoms in total. The van der Waals surface area contributed by atoms with E-state index in [4.69, 9.17) is 5.26 Å². The first-order valence-corrected chi connectivity index (χ1v) is 2.16. The van der Waals surface area contributed by atoms with E-state index in [9.17, 15) is 0 Å². The summed E-state index contributed by atoms with van der Waals surface area (Å²) in [5, 5.41) is 8.19. The van der Waals surface area contributed by atoms with Gasteiger partial charge in [0.1, 0.15) is 6.20 Å². The van der Waals surface area contributed by atoms with Crippen molar-refractivity contribution in [3.63, 3.8) is 0 Å². The van der Waals surface area contributed by atoms with E-state index in [1.807, 2.05) is 6.07 Å². The Morgan fingerprint density at radius 3 is 3.00 bits per heavy atom. The summed E-state index contributed by atoms with van der Waals surface area (Å²) in [7, 11) is 0. The molecule has 0 amide bonds. The van der Waals surface area contributed by atoms with E-state index in [0.29, 0.717) is 5.82 Å². The highest BCUT2D eigenvalue weighted by molar-refractivity contribution is 5.00. The van der Waals surface area contributed by atoms with Gasteiger partial charge < -0.3 is 0 Å². The Morgan fingerprint density at radius 1 is 1.75 bits per heavy atom. The molecule has 0 saturated carbocycles. The van der Waals surface area contributed by atoms with Gasteiger partial charge in [-0.25, -0.2) is 4.98 Å². The largest absolute Gasteiger partial charge is 0.400 e. The van der Waals surface area contributed by atoms with Crippen molar-refractivity contribution >= 4 is 0 Å². The molecule has 0 aromatic carbocycles. The summed E-state index contributed by atoms with van der Waals surface area (Å²) in [5.74, 6) is 0.340. The molecule has 8 heavy (non-hydrogen) atoms. The van der Waals surface area contributed by atoms with Crippen LogP contribution in [0, 0.1) is 11.3 Å². The minimum absolute atomic E-state index is 0.340. The zero-order chi connectivity index (χ0) is 5.82. The summed E-state index contributed by atoms with van der Waals surface area (Å²) in [4.78, 5) is 6.33. The monoisotopic (exact) mass is 106 g/mol. The molecule has 0 bridgehead atoms. The van der Waals surface area contributed by atoms with Crippen molar-refractivity contribution in [3.05, 3.63) is 24.3 Å². The molecule has 0 atom stereocenters. The molecule has 3 heteroatoms. The third-order valence-corrected chi connectivity index (χ3v) is 0.712. The molecule has 0 spiro atoms. The number of rotatable bonds is 0. The molecular formula is C5H4N3+. The summed E-state index contributed by atoms with van der Waals surface area (Å²) in [5.41, 5.74) is 0. The average molecular weight is 106 g/mol. The summed E-state index contributed by atoms with van der Waals surface area (Å²) in [6, 6.07) is 3.58. The van der Waals surface area contributed by atoms with Crippen LogP contribution in [0.2, 0.25) is 0 Å². The number of nitrogens with one attached hydrogen (secondary N) is 1. The summed E-state index contributed by atoms with van der Waals surface area (Å²) in [6.45, 7) is 0. The number of nitriles is 1. The zero-order valence-corrected chi connectivity index (χ0v) is 4.13. The van der Waals surface area contributed by atoms with E-state index in [-0.39, 0.29) is 0 Å². The van der Waals surface area contributed by atoms with Crippen LogP contribution in [-0.4, -0.2) is 4.98 Å². The van der Waals surface area contributed by atoms with Crippen LogP contribution in [0.1, 0.15) is 5.82 Å². The second-order valence-electron chi connectivity index (χ2n) is 1.24. The van der Waals surface area contributed by atoms with Gasteiger partial charge in [-0.1, -0.05) is 0 Å². The molecule has 1 rings (SSSR count).